The number of rotatable bonds is 7. The van der Waals surface area contributed by atoms with Gasteiger partial charge in [0.1, 0.15) is 11.6 Å². The van der Waals surface area contributed by atoms with Crippen molar-refractivity contribution in [3.05, 3.63) is 30.1 Å². The molecule has 114 valence electrons. The molecule has 0 bridgehead atoms. The van der Waals surface area contributed by atoms with E-state index in [2.05, 4.69) is 5.32 Å². The highest BCUT2D eigenvalue weighted by Crippen LogP contribution is 2.27. The third kappa shape index (κ3) is 4.73. The fraction of sp³-hybridized carbons (Fsp3) is 0.467. The van der Waals surface area contributed by atoms with Gasteiger partial charge in [0, 0.05) is 12.5 Å². The summed E-state index contributed by atoms with van der Waals surface area (Å²) in [6.07, 6.45) is 1.90. The van der Waals surface area contributed by atoms with Gasteiger partial charge in [0.05, 0.1) is 12.5 Å². The van der Waals surface area contributed by atoms with Crippen molar-refractivity contribution in [1.29, 1.82) is 0 Å². The molecule has 1 aliphatic rings. The number of carboxylic acid groups (broad SMARTS) is 1. The Kier molecular flexibility index (Phi) is 5.14. The zero-order valence-electron chi connectivity index (χ0n) is 11.5. The molecular formula is C15H18FNO4. The van der Waals surface area contributed by atoms with Crippen molar-refractivity contribution in [1.82, 2.24) is 5.32 Å². The second-order valence-electron chi connectivity index (χ2n) is 5.18. The van der Waals surface area contributed by atoms with Crippen LogP contribution >= 0.6 is 0 Å². The Balaban J connectivity index is 1.56. The first-order chi connectivity index (χ1) is 10.0. The maximum Gasteiger partial charge on any atom is 0.306 e. The van der Waals surface area contributed by atoms with E-state index < -0.39 is 5.97 Å². The van der Waals surface area contributed by atoms with E-state index >= 15 is 0 Å². The number of nitrogens with one attached hydrogen (secondary N) is 1. The van der Waals surface area contributed by atoms with Crippen LogP contribution in [0, 0.1) is 11.7 Å². The summed E-state index contributed by atoms with van der Waals surface area (Å²) in [5.74, 6) is -0.959. The number of aliphatic carboxylic acids is 1. The van der Waals surface area contributed by atoms with Crippen LogP contribution in [0.4, 0.5) is 4.39 Å². The van der Waals surface area contributed by atoms with Crippen LogP contribution < -0.4 is 10.1 Å². The van der Waals surface area contributed by atoms with Crippen molar-refractivity contribution in [3.63, 3.8) is 0 Å². The smallest absolute Gasteiger partial charge is 0.306 e. The number of ether oxygens (including phenoxy) is 1. The molecule has 1 aliphatic carbocycles. The van der Waals surface area contributed by atoms with Gasteiger partial charge in [-0.2, -0.15) is 0 Å². The molecule has 1 fully saturated rings. The molecule has 0 heterocycles. The number of hydrogen-bond donors (Lipinski definition) is 2. The van der Waals surface area contributed by atoms with Crippen LogP contribution in [0.2, 0.25) is 0 Å². The molecule has 0 spiro atoms. The van der Waals surface area contributed by atoms with Gasteiger partial charge in [-0.25, -0.2) is 4.39 Å². The van der Waals surface area contributed by atoms with Crippen molar-refractivity contribution < 1.29 is 23.8 Å². The zero-order chi connectivity index (χ0) is 15.2. The summed E-state index contributed by atoms with van der Waals surface area (Å²) in [5, 5.41) is 11.5. The molecule has 0 radical (unpaired) electrons. The summed E-state index contributed by atoms with van der Waals surface area (Å²) >= 11 is 0. The van der Waals surface area contributed by atoms with Crippen molar-refractivity contribution >= 4 is 11.9 Å². The first-order valence-electron chi connectivity index (χ1n) is 6.95. The van der Waals surface area contributed by atoms with E-state index in [1.807, 2.05) is 0 Å². The molecular weight excluding hydrogens is 277 g/mol. The molecule has 0 saturated heterocycles. The third-order valence-corrected chi connectivity index (χ3v) is 3.48. The maximum atomic E-state index is 12.7. The lowest BCUT2D eigenvalue weighted by molar-refractivity contribution is -0.146. The van der Waals surface area contributed by atoms with Gasteiger partial charge in [-0.3, -0.25) is 9.59 Å². The molecule has 0 atom stereocenters. The van der Waals surface area contributed by atoms with Crippen molar-refractivity contribution in [2.75, 3.05) is 6.61 Å². The normalized spacial score (nSPS) is 20.4. The number of carboxylic acids is 1. The molecule has 6 heteroatoms. The average molecular weight is 295 g/mol. The van der Waals surface area contributed by atoms with Crippen molar-refractivity contribution in [3.8, 4) is 5.75 Å². The van der Waals surface area contributed by atoms with Crippen LogP contribution in [0.5, 0.6) is 5.75 Å². The minimum absolute atomic E-state index is 0.0170. The lowest BCUT2D eigenvalue weighted by Crippen LogP contribution is -2.46. The van der Waals surface area contributed by atoms with Gasteiger partial charge < -0.3 is 15.2 Å². The highest BCUT2D eigenvalue weighted by atomic mass is 19.1. The van der Waals surface area contributed by atoms with Gasteiger partial charge in [0.2, 0.25) is 5.91 Å². The fourth-order valence-electron chi connectivity index (χ4n) is 2.19. The second-order valence-corrected chi connectivity index (χ2v) is 5.18. The molecule has 1 amide bonds. The van der Waals surface area contributed by atoms with E-state index in [1.54, 1.807) is 0 Å². The van der Waals surface area contributed by atoms with Crippen LogP contribution in [-0.2, 0) is 9.59 Å². The third-order valence-electron chi connectivity index (χ3n) is 3.48. The first-order valence-corrected chi connectivity index (χ1v) is 6.95. The quantitative estimate of drug-likeness (QED) is 0.754. The van der Waals surface area contributed by atoms with E-state index in [4.69, 9.17) is 9.84 Å². The van der Waals surface area contributed by atoms with Gasteiger partial charge in [-0.05, 0) is 43.5 Å². The molecule has 5 nitrogen and oxygen atoms in total. The Labute approximate surface area is 122 Å². The number of carbonyl (C=O) groups excluding carboxylic acids is 1. The number of benzene rings is 1. The Morgan fingerprint density at radius 3 is 2.57 bits per heavy atom. The van der Waals surface area contributed by atoms with E-state index in [0.717, 1.165) is 0 Å². The minimum Gasteiger partial charge on any atom is -0.494 e. The summed E-state index contributed by atoms with van der Waals surface area (Å²) in [5.41, 5.74) is 0. The van der Waals surface area contributed by atoms with Crippen molar-refractivity contribution in [2.45, 2.75) is 31.7 Å². The molecule has 1 aromatic rings. The lowest BCUT2D eigenvalue weighted by atomic mass is 9.80. The van der Waals surface area contributed by atoms with Crippen LogP contribution in [-0.4, -0.2) is 29.6 Å². The zero-order valence-corrected chi connectivity index (χ0v) is 11.5. The topological polar surface area (TPSA) is 75.6 Å². The van der Waals surface area contributed by atoms with Crippen LogP contribution in [0.15, 0.2) is 24.3 Å². The van der Waals surface area contributed by atoms with Gasteiger partial charge in [0.15, 0.2) is 0 Å². The van der Waals surface area contributed by atoms with Crippen LogP contribution in [0.3, 0.4) is 0 Å². The van der Waals surface area contributed by atoms with Gasteiger partial charge >= 0.3 is 5.97 Å². The Morgan fingerprint density at radius 2 is 1.95 bits per heavy atom. The van der Waals surface area contributed by atoms with E-state index in [-0.39, 0.29) is 23.7 Å². The molecule has 21 heavy (non-hydrogen) atoms. The molecule has 2 N–H and O–H groups in total. The maximum absolute atomic E-state index is 12.7. The Morgan fingerprint density at radius 1 is 1.29 bits per heavy atom. The summed E-state index contributed by atoms with van der Waals surface area (Å²) in [4.78, 5) is 22.2. The molecule has 2 rings (SSSR count). The van der Waals surface area contributed by atoms with E-state index in [9.17, 15) is 14.0 Å². The largest absolute Gasteiger partial charge is 0.494 e. The second kappa shape index (κ2) is 7.06. The number of amides is 1. The standard InChI is InChI=1S/C15H18FNO4/c16-11-3-5-13(6-4-11)21-7-1-2-14(18)17-12-8-10(9-12)15(19)20/h3-6,10,12H,1-2,7-9H2,(H,17,18)(H,19,20). The van der Waals surface area contributed by atoms with Gasteiger partial charge in [-0.1, -0.05) is 0 Å². The Bertz CT molecular complexity index is 497. The monoisotopic (exact) mass is 295 g/mol. The molecule has 0 aliphatic heterocycles. The van der Waals surface area contributed by atoms with Crippen LogP contribution in [0.25, 0.3) is 0 Å². The van der Waals surface area contributed by atoms with Crippen molar-refractivity contribution in [2.24, 2.45) is 5.92 Å². The van der Waals surface area contributed by atoms with E-state index in [1.165, 1.54) is 24.3 Å². The number of hydrogen-bond acceptors (Lipinski definition) is 3. The SMILES string of the molecule is O=C(CCCOc1ccc(F)cc1)NC1CC(C(=O)O)C1. The molecule has 1 saturated carbocycles. The van der Waals surface area contributed by atoms with Gasteiger partial charge in [0.25, 0.3) is 0 Å². The fourth-order valence-corrected chi connectivity index (χ4v) is 2.19. The summed E-state index contributed by atoms with van der Waals surface area (Å²) in [6, 6.07) is 5.69. The predicted octanol–water partition coefficient (Wildman–Crippen LogP) is 1.96. The summed E-state index contributed by atoms with van der Waals surface area (Å²) in [7, 11) is 0. The average Bonchev–Trinajstić information content (AvgIpc) is 2.40. The molecule has 0 unspecified atom stereocenters. The lowest BCUT2D eigenvalue weighted by Gasteiger charge is -2.32. The number of halogens is 1. The van der Waals surface area contributed by atoms with Crippen LogP contribution in [0.1, 0.15) is 25.7 Å². The highest BCUT2D eigenvalue weighted by Gasteiger charge is 2.34. The minimum atomic E-state index is -0.798. The predicted molar refractivity (Wildman–Crippen MR) is 73.4 cm³/mol. The summed E-state index contributed by atoms with van der Waals surface area (Å²) < 4.78 is 18.1. The number of carbonyl (C=O) groups is 2. The van der Waals surface area contributed by atoms with Gasteiger partial charge in [-0.15, -0.1) is 0 Å². The first kappa shape index (κ1) is 15.3. The summed E-state index contributed by atoms with van der Waals surface area (Å²) in [6.45, 7) is 0.376. The molecule has 0 aromatic heterocycles. The molecule has 1 aromatic carbocycles. The highest BCUT2D eigenvalue weighted by molar-refractivity contribution is 5.77. The Hall–Kier alpha value is -2.11. The van der Waals surface area contributed by atoms with E-state index in [0.29, 0.717) is 38.0 Å².